The summed E-state index contributed by atoms with van der Waals surface area (Å²) in [5, 5.41) is 0. The van der Waals surface area contributed by atoms with Gasteiger partial charge in [0.1, 0.15) is 5.82 Å². The van der Waals surface area contributed by atoms with E-state index in [2.05, 4.69) is 9.44 Å². The average Bonchev–Trinajstić information content (AvgIpc) is 2.52. The van der Waals surface area contributed by atoms with Gasteiger partial charge in [0.15, 0.2) is 0 Å². The van der Waals surface area contributed by atoms with Crippen LogP contribution in [0.1, 0.15) is 25.0 Å². The fourth-order valence-corrected chi connectivity index (χ4v) is 4.75. The van der Waals surface area contributed by atoms with Gasteiger partial charge in [-0.25, -0.2) is 30.7 Å². The monoisotopic (exact) mass is 400 g/mol. The molecule has 0 aliphatic carbocycles. The van der Waals surface area contributed by atoms with Gasteiger partial charge in [0.25, 0.3) is 0 Å². The SMILES string of the molecule is CC(C)NS(=O)(=O)Cc1ccc(CNS(=O)(=O)c2cccc(F)c2)cc1. The molecule has 2 aromatic carbocycles. The Morgan fingerprint density at radius 3 is 2.15 bits per heavy atom. The molecule has 26 heavy (non-hydrogen) atoms. The van der Waals surface area contributed by atoms with Gasteiger partial charge in [-0.15, -0.1) is 0 Å². The number of rotatable bonds is 8. The molecule has 0 amide bonds. The minimum absolute atomic E-state index is 0.0100. The van der Waals surface area contributed by atoms with E-state index < -0.39 is 25.9 Å². The predicted octanol–water partition coefficient (Wildman–Crippen LogP) is 2.13. The van der Waals surface area contributed by atoms with Gasteiger partial charge in [-0.2, -0.15) is 0 Å². The van der Waals surface area contributed by atoms with Crippen LogP contribution in [0.4, 0.5) is 4.39 Å². The third kappa shape index (κ3) is 6.17. The van der Waals surface area contributed by atoms with E-state index in [0.717, 1.165) is 6.07 Å². The summed E-state index contributed by atoms with van der Waals surface area (Å²) >= 11 is 0. The summed E-state index contributed by atoms with van der Waals surface area (Å²) in [6, 6.07) is 11.1. The number of halogens is 1. The topological polar surface area (TPSA) is 92.3 Å². The fraction of sp³-hybridized carbons (Fsp3) is 0.294. The summed E-state index contributed by atoms with van der Waals surface area (Å²) in [4.78, 5) is -0.153. The number of hydrogen-bond donors (Lipinski definition) is 2. The van der Waals surface area contributed by atoms with Gasteiger partial charge in [-0.05, 0) is 43.2 Å². The van der Waals surface area contributed by atoms with E-state index in [1.54, 1.807) is 38.1 Å². The second-order valence-corrected chi connectivity index (χ2v) is 9.65. The first-order chi connectivity index (χ1) is 12.1. The van der Waals surface area contributed by atoms with Gasteiger partial charge >= 0.3 is 0 Å². The largest absolute Gasteiger partial charge is 0.240 e. The maximum absolute atomic E-state index is 13.2. The van der Waals surface area contributed by atoms with Crippen LogP contribution in [-0.4, -0.2) is 22.9 Å². The van der Waals surface area contributed by atoms with E-state index in [4.69, 9.17) is 0 Å². The number of sulfonamides is 2. The van der Waals surface area contributed by atoms with Crippen molar-refractivity contribution in [1.29, 1.82) is 0 Å². The Morgan fingerprint density at radius 1 is 0.962 bits per heavy atom. The molecule has 6 nitrogen and oxygen atoms in total. The molecule has 0 fully saturated rings. The lowest BCUT2D eigenvalue weighted by Crippen LogP contribution is -2.31. The van der Waals surface area contributed by atoms with E-state index in [1.165, 1.54) is 18.2 Å². The van der Waals surface area contributed by atoms with Gasteiger partial charge in [-0.3, -0.25) is 0 Å². The first-order valence-corrected chi connectivity index (χ1v) is 11.0. The lowest BCUT2D eigenvalue weighted by atomic mass is 10.1. The molecule has 0 aliphatic heterocycles. The third-order valence-electron chi connectivity index (χ3n) is 3.37. The molecule has 0 heterocycles. The van der Waals surface area contributed by atoms with Crippen molar-refractivity contribution in [3.05, 3.63) is 65.5 Å². The van der Waals surface area contributed by atoms with Gasteiger partial charge < -0.3 is 0 Å². The standard InChI is InChI=1S/C17H21FN2O4S2/c1-13(2)20-25(21,22)12-15-8-6-14(7-9-15)11-19-26(23,24)17-5-3-4-16(18)10-17/h3-10,13,19-20H,11-12H2,1-2H3. The summed E-state index contributed by atoms with van der Waals surface area (Å²) in [6.45, 7) is 3.49. The zero-order chi connectivity index (χ0) is 19.4. The van der Waals surface area contributed by atoms with Crippen LogP contribution in [0, 0.1) is 5.82 Å². The minimum Gasteiger partial charge on any atom is -0.212 e. The predicted molar refractivity (Wildman–Crippen MR) is 97.8 cm³/mol. The van der Waals surface area contributed by atoms with Crippen molar-refractivity contribution in [2.45, 2.75) is 37.1 Å². The van der Waals surface area contributed by atoms with Crippen LogP contribution in [0.15, 0.2) is 53.4 Å². The van der Waals surface area contributed by atoms with Crippen LogP contribution in [0.3, 0.4) is 0 Å². The molecule has 0 aromatic heterocycles. The van der Waals surface area contributed by atoms with Crippen molar-refractivity contribution in [3.63, 3.8) is 0 Å². The molecule has 0 atom stereocenters. The fourth-order valence-electron chi connectivity index (χ4n) is 2.27. The molecule has 0 spiro atoms. The molecule has 142 valence electrons. The smallest absolute Gasteiger partial charge is 0.212 e. The Balaban J connectivity index is 2.01. The van der Waals surface area contributed by atoms with Crippen LogP contribution in [-0.2, 0) is 32.3 Å². The van der Waals surface area contributed by atoms with E-state index in [1.807, 2.05) is 0 Å². The number of nitrogens with one attached hydrogen (secondary N) is 2. The highest BCUT2D eigenvalue weighted by Gasteiger charge is 2.15. The second kappa shape index (κ2) is 8.26. The summed E-state index contributed by atoms with van der Waals surface area (Å²) in [6.07, 6.45) is 0. The number of benzene rings is 2. The van der Waals surface area contributed by atoms with Gasteiger partial charge in [0, 0.05) is 12.6 Å². The van der Waals surface area contributed by atoms with E-state index in [-0.39, 0.29) is 23.2 Å². The molecule has 9 heteroatoms. The summed E-state index contributed by atoms with van der Waals surface area (Å²) in [5.74, 6) is -0.783. The first kappa shape index (κ1) is 20.5. The molecule has 0 saturated carbocycles. The van der Waals surface area contributed by atoms with Crippen LogP contribution in [0.2, 0.25) is 0 Å². The van der Waals surface area contributed by atoms with Crippen LogP contribution in [0.25, 0.3) is 0 Å². The van der Waals surface area contributed by atoms with Crippen molar-refractivity contribution in [1.82, 2.24) is 9.44 Å². The summed E-state index contributed by atoms with van der Waals surface area (Å²) in [5.41, 5.74) is 1.25. The highest BCUT2D eigenvalue weighted by atomic mass is 32.2. The van der Waals surface area contributed by atoms with E-state index in [9.17, 15) is 21.2 Å². The molecule has 0 aliphatic rings. The number of hydrogen-bond acceptors (Lipinski definition) is 4. The lowest BCUT2D eigenvalue weighted by molar-refractivity contribution is 0.569. The Hall–Kier alpha value is -1.81. The van der Waals surface area contributed by atoms with Gasteiger partial charge in [0.2, 0.25) is 20.0 Å². The highest BCUT2D eigenvalue weighted by molar-refractivity contribution is 7.89. The van der Waals surface area contributed by atoms with Crippen LogP contribution in [0.5, 0.6) is 0 Å². The molecule has 2 rings (SSSR count). The Kier molecular flexibility index (Phi) is 6.51. The molecule has 2 N–H and O–H groups in total. The normalized spacial score (nSPS) is 12.5. The van der Waals surface area contributed by atoms with Gasteiger partial charge in [-0.1, -0.05) is 30.3 Å². The van der Waals surface area contributed by atoms with Gasteiger partial charge in [0.05, 0.1) is 10.6 Å². The van der Waals surface area contributed by atoms with E-state index in [0.29, 0.717) is 11.1 Å². The van der Waals surface area contributed by atoms with Crippen LogP contribution < -0.4 is 9.44 Å². The van der Waals surface area contributed by atoms with E-state index >= 15 is 0 Å². The minimum atomic E-state index is -3.83. The van der Waals surface area contributed by atoms with Crippen molar-refractivity contribution in [3.8, 4) is 0 Å². The van der Waals surface area contributed by atoms with Crippen molar-refractivity contribution in [2.24, 2.45) is 0 Å². The lowest BCUT2D eigenvalue weighted by Gasteiger charge is -2.10. The van der Waals surface area contributed by atoms with Crippen molar-refractivity contribution in [2.75, 3.05) is 0 Å². The molecular weight excluding hydrogens is 379 g/mol. The Morgan fingerprint density at radius 2 is 1.58 bits per heavy atom. The molecule has 0 unspecified atom stereocenters. The van der Waals surface area contributed by atoms with Crippen LogP contribution >= 0.6 is 0 Å². The molecular formula is C17H21FN2O4S2. The third-order valence-corrected chi connectivity index (χ3v) is 6.31. The molecule has 2 aromatic rings. The average molecular weight is 400 g/mol. The molecule has 0 saturated heterocycles. The summed E-state index contributed by atoms with van der Waals surface area (Å²) < 4.78 is 66.2. The Labute approximate surface area is 153 Å². The van der Waals surface area contributed by atoms with Crippen molar-refractivity contribution < 1.29 is 21.2 Å². The maximum atomic E-state index is 13.2. The first-order valence-electron chi connectivity index (χ1n) is 7.90. The maximum Gasteiger partial charge on any atom is 0.240 e. The summed E-state index contributed by atoms with van der Waals surface area (Å²) in [7, 11) is -7.25. The second-order valence-electron chi connectivity index (χ2n) is 6.13. The molecule has 0 bridgehead atoms. The highest BCUT2D eigenvalue weighted by Crippen LogP contribution is 2.12. The Bertz CT molecular complexity index is 957. The zero-order valence-electron chi connectivity index (χ0n) is 14.4. The van der Waals surface area contributed by atoms with Crippen molar-refractivity contribution >= 4 is 20.0 Å². The quantitative estimate of drug-likeness (QED) is 0.710. The zero-order valence-corrected chi connectivity index (χ0v) is 16.1. The molecule has 0 radical (unpaired) electrons.